The number of esters is 2. The number of hydrogen-bond donors (Lipinski definition) is 0. The number of carbonyl (C=O) groups is 3. The minimum Gasteiger partial charge on any atom is -0.468 e. The number of carbonyl (C=O) groups excluding carboxylic acids is 3. The summed E-state index contributed by atoms with van der Waals surface area (Å²) >= 11 is 0. The zero-order valence-electron chi connectivity index (χ0n) is 16.8. The summed E-state index contributed by atoms with van der Waals surface area (Å²) in [5.41, 5.74) is -2.67. The molecule has 8 nitrogen and oxygen atoms in total. The van der Waals surface area contributed by atoms with E-state index in [2.05, 4.69) is 0 Å². The van der Waals surface area contributed by atoms with Gasteiger partial charge in [-0.25, -0.2) is 0 Å². The van der Waals surface area contributed by atoms with Gasteiger partial charge in [0.2, 0.25) is 0 Å². The number of Topliss-reactive ketones (excluding diaryl/α,β-unsaturated/α-hetero) is 1. The number of ether oxygens (including phenoxy) is 2. The van der Waals surface area contributed by atoms with Gasteiger partial charge in [0.25, 0.3) is 5.69 Å². The van der Waals surface area contributed by atoms with E-state index in [0.717, 1.165) is 14.2 Å². The molecule has 1 saturated carbocycles. The summed E-state index contributed by atoms with van der Waals surface area (Å²) in [5, 5.41) is 11.0. The fourth-order valence-electron chi connectivity index (χ4n) is 4.66. The van der Waals surface area contributed by atoms with Crippen molar-refractivity contribution in [3.05, 3.63) is 75.8 Å². The van der Waals surface area contributed by atoms with Gasteiger partial charge in [-0.15, -0.1) is 0 Å². The van der Waals surface area contributed by atoms with Gasteiger partial charge >= 0.3 is 11.9 Å². The van der Waals surface area contributed by atoms with E-state index in [1.54, 1.807) is 37.3 Å². The summed E-state index contributed by atoms with van der Waals surface area (Å²) in [6.07, 6.45) is 0.159. The van der Waals surface area contributed by atoms with Crippen molar-refractivity contribution in [2.45, 2.75) is 19.3 Å². The molecule has 2 aromatic rings. The lowest BCUT2D eigenvalue weighted by atomic mass is 9.83. The van der Waals surface area contributed by atoms with E-state index in [1.807, 2.05) is 0 Å². The standard InChI is InChI=1S/C22H21NO7/c1-4-21(18(24)15-8-6-5-7-9-15)17(14-10-12-16(13-11-14)23(27)28)22(21,19(25)29-2)20(26)30-3/h5-13,17H,4H2,1-3H3/t17-,21+/m0/s1. The molecule has 0 unspecified atom stereocenters. The Morgan fingerprint density at radius 2 is 1.50 bits per heavy atom. The van der Waals surface area contributed by atoms with E-state index < -0.39 is 33.6 Å². The summed E-state index contributed by atoms with van der Waals surface area (Å²) in [5.74, 6) is -3.01. The van der Waals surface area contributed by atoms with Gasteiger partial charge in [0.15, 0.2) is 11.2 Å². The highest BCUT2D eigenvalue weighted by Gasteiger charge is 2.88. The molecular formula is C22H21NO7. The van der Waals surface area contributed by atoms with Gasteiger partial charge in [-0.3, -0.25) is 24.5 Å². The Hall–Kier alpha value is -3.55. The van der Waals surface area contributed by atoms with Gasteiger partial charge in [-0.05, 0) is 12.0 Å². The van der Waals surface area contributed by atoms with E-state index in [1.165, 1.54) is 24.3 Å². The molecule has 0 spiro atoms. The lowest BCUT2D eigenvalue weighted by Crippen LogP contribution is -2.37. The average molecular weight is 411 g/mol. The smallest absolute Gasteiger partial charge is 0.324 e. The number of nitro groups is 1. The average Bonchev–Trinajstić information content (AvgIpc) is 3.43. The molecule has 0 heterocycles. The van der Waals surface area contributed by atoms with Crippen molar-refractivity contribution in [1.29, 1.82) is 0 Å². The van der Waals surface area contributed by atoms with Crippen molar-refractivity contribution >= 4 is 23.4 Å². The fourth-order valence-corrected chi connectivity index (χ4v) is 4.66. The molecule has 0 saturated heterocycles. The Morgan fingerprint density at radius 3 is 1.93 bits per heavy atom. The van der Waals surface area contributed by atoms with E-state index in [0.29, 0.717) is 11.1 Å². The van der Waals surface area contributed by atoms with Gasteiger partial charge in [0.1, 0.15) is 0 Å². The van der Waals surface area contributed by atoms with Crippen LogP contribution in [0.15, 0.2) is 54.6 Å². The topological polar surface area (TPSA) is 113 Å². The van der Waals surface area contributed by atoms with E-state index in [9.17, 15) is 24.5 Å². The van der Waals surface area contributed by atoms with Crippen LogP contribution in [0.25, 0.3) is 0 Å². The zero-order valence-corrected chi connectivity index (χ0v) is 16.8. The molecule has 0 bridgehead atoms. The number of ketones is 1. The number of hydrogen-bond acceptors (Lipinski definition) is 7. The minimum atomic E-state index is -1.88. The van der Waals surface area contributed by atoms with Crippen LogP contribution in [0.3, 0.4) is 0 Å². The summed E-state index contributed by atoms with van der Waals surface area (Å²) in [6, 6.07) is 13.8. The van der Waals surface area contributed by atoms with Gasteiger partial charge < -0.3 is 9.47 Å². The molecule has 0 aromatic heterocycles. The van der Waals surface area contributed by atoms with E-state index >= 15 is 0 Å². The third-order valence-electron chi connectivity index (χ3n) is 6.00. The summed E-state index contributed by atoms with van der Waals surface area (Å²) < 4.78 is 9.91. The van der Waals surface area contributed by atoms with Crippen LogP contribution in [-0.4, -0.2) is 36.9 Å². The van der Waals surface area contributed by atoms with Crippen LogP contribution in [0.1, 0.15) is 35.2 Å². The minimum absolute atomic E-state index is 0.141. The van der Waals surface area contributed by atoms with Crippen LogP contribution in [-0.2, 0) is 19.1 Å². The predicted octanol–water partition coefficient (Wildman–Crippen LogP) is 3.30. The normalized spacial score (nSPS) is 21.4. The number of nitrogens with zero attached hydrogens (tertiary/aromatic N) is 1. The van der Waals surface area contributed by atoms with E-state index in [4.69, 9.17) is 9.47 Å². The Bertz CT molecular complexity index is 984. The highest BCUT2D eigenvalue weighted by Crippen LogP contribution is 2.77. The van der Waals surface area contributed by atoms with Gasteiger partial charge in [-0.1, -0.05) is 49.4 Å². The van der Waals surface area contributed by atoms with E-state index in [-0.39, 0.29) is 17.9 Å². The quantitative estimate of drug-likeness (QED) is 0.226. The molecule has 0 radical (unpaired) electrons. The Kier molecular flexibility index (Phi) is 5.43. The number of benzene rings is 2. The van der Waals surface area contributed by atoms with Gasteiger partial charge in [0, 0.05) is 23.6 Å². The van der Waals surface area contributed by atoms with Crippen LogP contribution in [0.2, 0.25) is 0 Å². The SMILES string of the molecule is CC[C@]1(C(=O)c2ccccc2)[C@H](c2ccc([N+](=O)[O-])cc2)C1(C(=O)OC)C(=O)OC. The molecule has 3 rings (SSSR count). The van der Waals surface area contributed by atoms with Crippen molar-refractivity contribution in [1.82, 2.24) is 0 Å². The molecule has 1 aliphatic carbocycles. The van der Waals surface area contributed by atoms with Crippen molar-refractivity contribution in [3.8, 4) is 0 Å². The first kappa shape index (κ1) is 21.2. The van der Waals surface area contributed by atoms with Crippen molar-refractivity contribution in [2.24, 2.45) is 10.8 Å². The molecule has 2 atom stereocenters. The molecule has 0 aliphatic heterocycles. The second-order valence-corrected chi connectivity index (χ2v) is 7.09. The third-order valence-corrected chi connectivity index (χ3v) is 6.00. The Balaban J connectivity index is 2.24. The van der Waals surface area contributed by atoms with Crippen LogP contribution in [0.5, 0.6) is 0 Å². The molecule has 1 aliphatic rings. The van der Waals surface area contributed by atoms with Crippen LogP contribution >= 0.6 is 0 Å². The number of nitro benzene ring substituents is 1. The first-order chi connectivity index (χ1) is 14.3. The molecule has 156 valence electrons. The van der Waals surface area contributed by atoms with Crippen molar-refractivity contribution in [2.75, 3.05) is 14.2 Å². The molecule has 0 N–H and O–H groups in total. The summed E-state index contributed by atoms with van der Waals surface area (Å²) in [4.78, 5) is 50.1. The number of methoxy groups -OCH3 is 2. The van der Waals surface area contributed by atoms with Gasteiger partial charge in [0.05, 0.1) is 24.6 Å². The monoisotopic (exact) mass is 411 g/mol. The zero-order chi connectivity index (χ0) is 22.1. The molecule has 2 aromatic carbocycles. The third kappa shape index (κ3) is 2.71. The number of non-ortho nitro benzene ring substituents is 1. The second-order valence-electron chi connectivity index (χ2n) is 7.09. The maximum absolute atomic E-state index is 13.7. The largest absolute Gasteiger partial charge is 0.468 e. The Morgan fingerprint density at radius 1 is 0.967 bits per heavy atom. The summed E-state index contributed by atoms with van der Waals surface area (Å²) in [7, 11) is 2.29. The lowest BCUT2D eigenvalue weighted by Gasteiger charge is -2.20. The maximum atomic E-state index is 13.7. The van der Waals surface area contributed by atoms with Crippen LogP contribution < -0.4 is 0 Å². The van der Waals surface area contributed by atoms with Crippen LogP contribution in [0, 0.1) is 20.9 Å². The molecular weight excluding hydrogens is 390 g/mol. The predicted molar refractivity (Wildman–Crippen MR) is 106 cm³/mol. The van der Waals surface area contributed by atoms with Crippen molar-refractivity contribution < 1.29 is 28.8 Å². The number of rotatable bonds is 7. The molecule has 1 fully saturated rings. The van der Waals surface area contributed by atoms with Gasteiger partial charge in [-0.2, -0.15) is 0 Å². The summed E-state index contributed by atoms with van der Waals surface area (Å²) in [6.45, 7) is 1.72. The second kappa shape index (κ2) is 7.70. The molecule has 30 heavy (non-hydrogen) atoms. The highest BCUT2D eigenvalue weighted by molar-refractivity contribution is 6.18. The first-order valence-electron chi connectivity index (χ1n) is 9.33. The van der Waals surface area contributed by atoms with Crippen LogP contribution in [0.4, 0.5) is 5.69 Å². The maximum Gasteiger partial charge on any atom is 0.324 e. The Labute approximate surface area is 172 Å². The lowest BCUT2D eigenvalue weighted by molar-refractivity contribution is -0.384. The van der Waals surface area contributed by atoms with Crippen molar-refractivity contribution in [3.63, 3.8) is 0 Å². The highest BCUT2D eigenvalue weighted by atomic mass is 16.6. The first-order valence-corrected chi connectivity index (χ1v) is 9.33. The fraction of sp³-hybridized carbons (Fsp3) is 0.318. The molecule has 0 amide bonds. The molecule has 8 heteroatoms.